The summed E-state index contributed by atoms with van der Waals surface area (Å²) >= 11 is 0. The lowest BCUT2D eigenvalue weighted by molar-refractivity contribution is -0.123. The highest BCUT2D eigenvalue weighted by atomic mass is 16.5. The first-order chi connectivity index (χ1) is 4.84. The number of ether oxygens (including phenoxy) is 1. The van der Waals surface area contributed by atoms with Crippen LogP contribution in [0.3, 0.4) is 0 Å². The largest absolute Gasteiger partial charge is 0.378 e. The summed E-state index contributed by atoms with van der Waals surface area (Å²) in [6.07, 6.45) is 0.567. The Morgan fingerprint density at radius 3 is 3.10 bits per heavy atom. The van der Waals surface area contributed by atoms with Crippen molar-refractivity contribution in [2.45, 2.75) is 19.4 Å². The molecular weight excluding hydrogens is 130 g/mol. The van der Waals surface area contributed by atoms with Crippen LogP contribution in [0.15, 0.2) is 0 Å². The van der Waals surface area contributed by atoms with Crippen LogP contribution >= 0.6 is 0 Å². The van der Waals surface area contributed by atoms with Crippen LogP contribution < -0.4 is 5.32 Å². The third kappa shape index (κ3) is 1.78. The van der Waals surface area contributed by atoms with Crippen molar-refractivity contribution < 1.29 is 9.53 Å². The fourth-order valence-electron chi connectivity index (χ4n) is 0.951. The van der Waals surface area contributed by atoms with Gasteiger partial charge in [0.1, 0.15) is 6.04 Å². The Labute approximate surface area is 60.7 Å². The van der Waals surface area contributed by atoms with Crippen LogP contribution in [0.4, 0.5) is 0 Å². The second-order valence-corrected chi connectivity index (χ2v) is 2.32. The molecule has 0 N–H and O–H groups in total. The molecule has 0 aliphatic carbocycles. The first-order valence-corrected chi connectivity index (χ1v) is 3.61. The maximum atomic E-state index is 11.0. The van der Waals surface area contributed by atoms with Gasteiger partial charge in [0.25, 0.3) is 0 Å². The highest BCUT2D eigenvalue weighted by molar-refractivity contribution is 5.83. The van der Waals surface area contributed by atoms with Gasteiger partial charge in [-0.05, 0) is 0 Å². The van der Waals surface area contributed by atoms with Crippen molar-refractivity contribution in [3.8, 4) is 0 Å². The minimum Gasteiger partial charge on any atom is -0.378 e. The van der Waals surface area contributed by atoms with Gasteiger partial charge in [0.05, 0.1) is 13.2 Å². The Morgan fingerprint density at radius 1 is 1.80 bits per heavy atom. The molecule has 0 aromatic carbocycles. The summed E-state index contributed by atoms with van der Waals surface area (Å²) in [4.78, 5) is 11.0. The number of hydrogen-bond donors (Lipinski definition) is 0. The molecule has 1 atom stereocenters. The van der Waals surface area contributed by atoms with Gasteiger partial charge in [-0.3, -0.25) is 4.79 Å². The molecule has 0 saturated carbocycles. The fourth-order valence-corrected chi connectivity index (χ4v) is 0.951. The summed E-state index contributed by atoms with van der Waals surface area (Å²) in [5.74, 6) is 0.194. The highest BCUT2D eigenvalue weighted by Crippen LogP contribution is 1.98. The van der Waals surface area contributed by atoms with E-state index in [1.54, 1.807) is 0 Å². The SMILES string of the molecule is CCC(=O)C1COCC[N]1. The van der Waals surface area contributed by atoms with Crippen molar-refractivity contribution in [1.29, 1.82) is 0 Å². The van der Waals surface area contributed by atoms with E-state index in [-0.39, 0.29) is 11.8 Å². The van der Waals surface area contributed by atoms with E-state index in [1.165, 1.54) is 0 Å². The number of Topliss-reactive ketones (excluding diaryl/α,β-unsaturated/α-hetero) is 1. The smallest absolute Gasteiger partial charge is 0.153 e. The van der Waals surface area contributed by atoms with Gasteiger partial charge in [0.2, 0.25) is 0 Å². The van der Waals surface area contributed by atoms with Crippen molar-refractivity contribution >= 4 is 5.78 Å². The molecular formula is C7H12NO2. The van der Waals surface area contributed by atoms with Crippen LogP contribution in [0, 0.1) is 0 Å². The molecule has 3 nitrogen and oxygen atoms in total. The van der Waals surface area contributed by atoms with Crippen molar-refractivity contribution in [3.05, 3.63) is 0 Å². The van der Waals surface area contributed by atoms with E-state index in [0.717, 1.165) is 0 Å². The molecule has 0 bridgehead atoms. The molecule has 1 saturated heterocycles. The highest BCUT2D eigenvalue weighted by Gasteiger charge is 2.19. The lowest BCUT2D eigenvalue weighted by atomic mass is 10.1. The van der Waals surface area contributed by atoms with E-state index in [4.69, 9.17) is 4.74 Å². The van der Waals surface area contributed by atoms with Crippen molar-refractivity contribution in [2.24, 2.45) is 0 Å². The van der Waals surface area contributed by atoms with Crippen molar-refractivity contribution in [1.82, 2.24) is 5.32 Å². The van der Waals surface area contributed by atoms with Crippen LogP contribution in [-0.2, 0) is 9.53 Å². The molecule has 1 aliphatic rings. The fraction of sp³-hybridized carbons (Fsp3) is 0.857. The number of rotatable bonds is 2. The molecule has 0 spiro atoms. The van der Waals surface area contributed by atoms with Gasteiger partial charge in [0.15, 0.2) is 5.78 Å². The van der Waals surface area contributed by atoms with Crippen LogP contribution in [0.5, 0.6) is 0 Å². The maximum Gasteiger partial charge on any atom is 0.153 e. The molecule has 1 fully saturated rings. The number of morpholine rings is 1. The zero-order valence-corrected chi connectivity index (χ0v) is 6.17. The molecule has 57 valence electrons. The topological polar surface area (TPSA) is 40.4 Å². The molecule has 1 rings (SSSR count). The molecule has 0 aromatic rings. The number of carbonyl (C=O) groups is 1. The second-order valence-electron chi connectivity index (χ2n) is 2.32. The lowest BCUT2D eigenvalue weighted by Crippen LogP contribution is -2.41. The molecule has 0 amide bonds. The summed E-state index contributed by atoms with van der Waals surface area (Å²) in [6.45, 7) is 3.70. The Kier molecular flexibility index (Phi) is 2.83. The molecule has 0 aromatic heterocycles. The third-order valence-corrected chi connectivity index (χ3v) is 1.58. The predicted molar refractivity (Wildman–Crippen MR) is 36.9 cm³/mol. The van der Waals surface area contributed by atoms with Crippen molar-refractivity contribution in [3.63, 3.8) is 0 Å². The van der Waals surface area contributed by atoms with Gasteiger partial charge in [-0.25, -0.2) is 5.32 Å². The van der Waals surface area contributed by atoms with Gasteiger partial charge in [-0.1, -0.05) is 6.92 Å². The van der Waals surface area contributed by atoms with Crippen molar-refractivity contribution in [2.75, 3.05) is 19.8 Å². The van der Waals surface area contributed by atoms with E-state index < -0.39 is 0 Å². The standard InChI is InChI=1S/C7H12NO2/c1-2-7(9)6-5-10-4-3-8-6/h6H,2-5H2,1H3. The summed E-state index contributed by atoms with van der Waals surface area (Å²) in [7, 11) is 0. The zero-order chi connectivity index (χ0) is 7.40. The third-order valence-electron chi connectivity index (χ3n) is 1.58. The monoisotopic (exact) mass is 142 g/mol. The van der Waals surface area contributed by atoms with E-state index in [9.17, 15) is 4.79 Å². The molecule has 1 aliphatic heterocycles. The average molecular weight is 142 g/mol. The predicted octanol–water partition coefficient (Wildman–Crippen LogP) is -0.0313. The van der Waals surface area contributed by atoms with Gasteiger partial charge >= 0.3 is 0 Å². The Bertz CT molecular complexity index is 119. The molecule has 10 heavy (non-hydrogen) atoms. The van der Waals surface area contributed by atoms with Gasteiger partial charge in [-0.15, -0.1) is 0 Å². The van der Waals surface area contributed by atoms with Crippen LogP contribution in [0.25, 0.3) is 0 Å². The molecule has 1 heterocycles. The average Bonchev–Trinajstić information content (AvgIpc) is 2.05. The van der Waals surface area contributed by atoms with E-state index in [0.29, 0.717) is 26.2 Å². The molecule has 1 unspecified atom stereocenters. The van der Waals surface area contributed by atoms with E-state index in [1.807, 2.05) is 6.92 Å². The number of nitrogens with zero attached hydrogens (tertiary/aromatic N) is 1. The van der Waals surface area contributed by atoms with Crippen LogP contribution in [-0.4, -0.2) is 31.6 Å². The number of ketones is 1. The summed E-state index contributed by atoms with van der Waals surface area (Å²) in [6, 6.07) is -0.168. The van der Waals surface area contributed by atoms with Gasteiger partial charge < -0.3 is 4.74 Å². The summed E-state index contributed by atoms with van der Waals surface area (Å²) in [5.41, 5.74) is 0. The molecule has 3 heteroatoms. The summed E-state index contributed by atoms with van der Waals surface area (Å²) < 4.78 is 5.09. The Hall–Kier alpha value is -0.410. The first kappa shape index (κ1) is 7.69. The second kappa shape index (κ2) is 3.68. The number of carbonyl (C=O) groups excluding carboxylic acids is 1. The maximum absolute atomic E-state index is 11.0. The van der Waals surface area contributed by atoms with Crippen LogP contribution in [0.1, 0.15) is 13.3 Å². The quantitative estimate of drug-likeness (QED) is 0.543. The summed E-state index contributed by atoms with van der Waals surface area (Å²) in [5, 5.41) is 4.13. The minimum atomic E-state index is -0.168. The van der Waals surface area contributed by atoms with E-state index >= 15 is 0 Å². The van der Waals surface area contributed by atoms with Gasteiger partial charge in [-0.2, -0.15) is 0 Å². The molecule has 1 radical (unpaired) electrons. The van der Waals surface area contributed by atoms with E-state index in [2.05, 4.69) is 5.32 Å². The lowest BCUT2D eigenvalue weighted by Gasteiger charge is -2.19. The minimum absolute atomic E-state index is 0.168. The Balaban J connectivity index is 2.31. The first-order valence-electron chi connectivity index (χ1n) is 3.61. The van der Waals surface area contributed by atoms with Gasteiger partial charge in [0, 0.05) is 13.0 Å². The van der Waals surface area contributed by atoms with Crippen LogP contribution in [0.2, 0.25) is 0 Å². The number of hydrogen-bond acceptors (Lipinski definition) is 2. The Morgan fingerprint density at radius 2 is 2.60 bits per heavy atom. The normalized spacial score (nSPS) is 26.3. The zero-order valence-electron chi connectivity index (χ0n) is 6.17.